The van der Waals surface area contributed by atoms with Gasteiger partial charge in [0.25, 0.3) is 0 Å². The van der Waals surface area contributed by atoms with Crippen molar-refractivity contribution >= 4 is 21.8 Å². The molecule has 1 heterocycles. The first kappa shape index (κ1) is 14.6. The maximum atomic E-state index is 12.3. The van der Waals surface area contributed by atoms with Crippen LogP contribution >= 0.6 is 0 Å². The number of nitrogens with two attached hydrogens (primary N) is 1. The van der Waals surface area contributed by atoms with Gasteiger partial charge in [-0.15, -0.1) is 0 Å². The lowest BCUT2D eigenvalue weighted by Gasteiger charge is -2.13. The fourth-order valence-electron chi connectivity index (χ4n) is 2.03. The van der Waals surface area contributed by atoms with Gasteiger partial charge in [0.1, 0.15) is 6.04 Å². The Balaban J connectivity index is 2.29. The number of likely N-dealkylation sites (N-methyl/N-ethyl adjacent to an activating group) is 1. The van der Waals surface area contributed by atoms with E-state index in [2.05, 4.69) is 4.72 Å². The topological polar surface area (TPSA) is 110 Å². The molecule has 0 saturated carbocycles. The third kappa shape index (κ3) is 2.58. The molecule has 1 atom stereocenters. The third-order valence-electron chi connectivity index (χ3n) is 3.16. The molecule has 3 N–H and O–H groups in total. The maximum absolute atomic E-state index is 12.3. The summed E-state index contributed by atoms with van der Waals surface area (Å²) in [5.41, 5.74) is 5.95. The number of rotatable bonds is 4. The van der Waals surface area contributed by atoms with Gasteiger partial charge in [0.15, 0.2) is 0 Å². The van der Waals surface area contributed by atoms with E-state index in [1.807, 2.05) is 0 Å². The second kappa shape index (κ2) is 5.31. The summed E-state index contributed by atoms with van der Waals surface area (Å²) >= 11 is 0. The van der Waals surface area contributed by atoms with E-state index in [0.717, 1.165) is 4.90 Å². The molecular formula is C12H15N3O4S. The molecule has 0 aliphatic carbocycles. The summed E-state index contributed by atoms with van der Waals surface area (Å²) < 4.78 is 26.8. The highest BCUT2D eigenvalue weighted by Gasteiger charge is 2.38. The minimum atomic E-state index is -3.90. The first-order valence-corrected chi connectivity index (χ1v) is 7.46. The molecule has 108 valence electrons. The molecule has 1 saturated heterocycles. The number of hydrogen-bond acceptors (Lipinski definition) is 5. The SMILES string of the molecule is CN1C(=O)CC(NS(=O)(=O)c2ccccc2CN)C1=O. The van der Waals surface area contributed by atoms with Gasteiger partial charge in [0.05, 0.1) is 11.3 Å². The number of likely N-dealkylation sites (tertiary alicyclic amines) is 1. The molecule has 2 amide bonds. The highest BCUT2D eigenvalue weighted by Crippen LogP contribution is 2.18. The van der Waals surface area contributed by atoms with Crippen molar-refractivity contribution in [3.05, 3.63) is 29.8 Å². The average molecular weight is 297 g/mol. The summed E-state index contributed by atoms with van der Waals surface area (Å²) in [6.45, 7) is 0.0640. The second-order valence-corrected chi connectivity index (χ2v) is 6.16. The van der Waals surface area contributed by atoms with Crippen LogP contribution in [0.2, 0.25) is 0 Å². The van der Waals surface area contributed by atoms with Crippen LogP contribution in [0.1, 0.15) is 12.0 Å². The van der Waals surface area contributed by atoms with Crippen LogP contribution in [0.5, 0.6) is 0 Å². The lowest BCUT2D eigenvalue weighted by atomic mass is 10.2. The average Bonchev–Trinajstić information content (AvgIpc) is 2.66. The number of imide groups is 1. The molecule has 0 radical (unpaired) electrons. The van der Waals surface area contributed by atoms with Crippen molar-refractivity contribution in [3.8, 4) is 0 Å². The number of nitrogens with zero attached hydrogens (tertiary/aromatic N) is 1. The Morgan fingerprint density at radius 3 is 2.55 bits per heavy atom. The van der Waals surface area contributed by atoms with Crippen LogP contribution in [0.4, 0.5) is 0 Å². The van der Waals surface area contributed by atoms with Crippen molar-refractivity contribution in [1.29, 1.82) is 0 Å². The van der Waals surface area contributed by atoms with E-state index in [4.69, 9.17) is 5.73 Å². The molecule has 20 heavy (non-hydrogen) atoms. The molecule has 1 aliphatic rings. The summed E-state index contributed by atoms with van der Waals surface area (Å²) in [6, 6.07) is 5.21. The summed E-state index contributed by atoms with van der Waals surface area (Å²) in [6.07, 6.45) is -0.167. The Kier molecular flexibility index (Phi) is 3.89. The lowest BCUT2D eigenvalue weighted by molar-refractivity contribution is -0.137. The molecule has 2 rings (SSSR count). The van der Waals surface area contributed by atoms with Crippen LogP contribution < -0.4 is 10.5 Å². The molecule has 0 bridgehead atoms. The number of carbonyl (C=O) groups excluding carboxylic acids is 2. The van der Waals surface area contributed by atoms with Crippen molar-refractivity contribution in [2.24, 2.45) is 5.73 Å². The zero-order valence-electron chi connectivity index (χ0n) is 10.9. The normalized spacial score (nSPS) is 19.7. The Bertz CT molecular complexity index is 656. The summed E-state index contributed by atoms with van der Waals surface area (Å²) in [7, 11) is -2.57. The van der Waals surface area contributed by atoms with Crippen LogP contribution in [0.3, 0.4) is 0 Å². The fraction of sp³-hybridized carbons (Fsp3) is 0.333. The van der Waals surface area contributed by atoms with Gasteiger partial charge in [-0.25, -0.2) is 8.42 Å². The number of benzene rings is 1. The molecule has 0 aromatic heterocycles. The molecule has 0 spiro atoms. The maximum Gasteiger partial charge on any atom is 0.247 e. The van der Waals surface area contributed by atoms with Gasteiger partial charge >= 0.3 is 0 Å². The van der Waals surface area contributed by atoms with E-state index in [-0.39, 0.29) is 17.9 Å². The van der Waals surface area contributed by atoms with Gasteiger partial charge in [-0.1, -0.05) is 18.2 Å². The van der Waals surface area contributed by atoms with Gasteiger partial charge in [0.2, 0.25) is 21.8 Å². The van der Waals surface area contributed by atoms with E-state index in [9.17, 15) is 18.0 Å². The highest BCUT2D eigenvalue weighted by molar-refractivity contribution is 7.89. The minimum Gasteiger partial charge on any atom is -0.326 e. The van der Waals surface area contributed by atoms with E-state index >= 15 is 0 Å². The molecule has 8 heteroatoms. The van der Waals surface area contributed by atoms with E-state index in [1.165, 1.54) is 13.1 Å². The number of amides is 2. The first-order chi connectivity index (χ1) is 9.36. The molecule has 1 aromatic rings. The van der Waals surface area contributed by atoms with E-state index in [0.29, 0.717) is 5.56 Å². The largest absolute Gasteiger partial charge is 0.326 e. The van der Waals surface area contributed by atoms with Crippen LogP contribution in [0.15, 0.2) is 29.2 Å². The van der Waals surface area contributed by atoms with Gasteiger partial charge in [0, 0.05) is 13.6 Å². The summed E-state index contributed by atoms with van der Waals surface area (Å²) in [5, 5.41) is 0. The smallest absolute Gasteiger partial charge is 0.247 e. The fourth-order valence-corrected chi connectivity index (χ4v) is 3.47. The van der Waals surface area contributed by atoms with E-state index in [1.54, 1.807) is 18.2 Å². The van der Waals surface area contributed by atoms with Crippen molar-refractivity contribution in [3.63, 3.8) is 0 Å². The van der Waals surface area contributed by atoms with Crippen molar-refractivity contribution < 1.29 is 18.0 Å². The minimum absolute atomic E-state index is 0.0253. The molecule has 1 unspecified atom stereocenters. The van der Waals surface area contributed by atoms with Gasteiger partial charge in [-0.05, 0) is 11.6 Å². The first-order valence-electron chi connectivity index (χ1n) is 5.97. The third-order valence-corrected chi connectivity index (χ3v) is 4.73. The predicted molar refractivity (Wildman–Crippen MR) is 70.8 cm³/mol. The Labute approximate surface area is 116 Å². The molecule has 1 fully saturated rings. The molecular weight excluding hydrogens is 282 g/mol. The zero-order chi connectivity index (χ0) is 14.9. The lowest BCUT2D eigenvalue weighted by Crippen LogP contribution is -2.40. The van der Waals surface area contributed by atoms with Gasteiger partial charge in [-0.2, -0.15) is 4.72 Å². The van der Waals surface area contributed by atoms with Crippen molar-refractivity contribution in [2.45, 2.75) is 23.9 Å². The Hall–Kier alpha value is -1.77. The number of sulfonamides is 1. The summed E-state index contributed by atoms with van der Waals surface area (Å²) in [5.74, 6) is -0.960. The number of carbonyl (C=O) groups is 2. The van der Waals surface area contributed by atoms with E-state index < -0.39 is 27.9 Å². The van der Waals surface area contributed by atoms with Crippen LogP contribution in [-0.2, 0) is 26.2 Å². The molecule has 7 nitrogen and oxygen atoms in total. The number of nitrogens with one attached hydrogen (secondary N) is 1. The highest BCUT2D eigenvalue weighted by atomic mass is 32.2. The van der Waals surface area contributed by atoms with Crippen molar-refractivity contribution in [1.82, 2.24) is 9.62 Å². The standard InChI is InChI=1S/C12H15N3O4S/c1-15-11(16)6-9(12(15)17)14-20(18,19)10-5-3-2-4-8(10)7-13/h2-5,9,14H,6-7,13H2,1H3. The van der Waals surface area contributed by atoms with Crippen LogP contribution in [0.25, 0.3) is 0 Å². The Morgan fingerprint density at radius 1 is 1.35 bits per heavy atom. The quantitative estimate of drug-likeness (QED) is 0.706. The summed E-state index contributed by atoms with van der Waals surface area (Å²) in [4.78, 5) is 24.1. The van der Waals surface area contributed by atoms with Crippen LogP contribution in [0, 0.1) is 0 Å². The number of hydrogen-bond donors (Lipinski definition) is 2. The van der Waals surface area contributed by atoms with Crippen LogP contribution in [-0.4, -0.2) is 38.2 Å². The predicted octanol–water partition coefficient (Wildman–Crippen LogP) is -0.819. The van der Waals surface area contributed by atoms with Gasteiger partial charge in [-0.3, -0.25) is 14.5 Å². The second-order valence-electron chi connectivity index (χ2n) is 4.48. The monoisotopic (exact) mass is 297 g/mol. The molecule has 1 aromatic carbocycles. The van der Waals surface area contributed by atoms with Gasteiger partial charge < -0.3 is 5.73 Å². The van der Waals surface area contributed by atoms with Crippen molar-refractivity contribution in [2.75, 3.05) is 7.05 Å². The zero-order valence-corrected chi connectivity index (χ0v) is 11.7. The Morgan fingerprint density at radius 2 is 2.00 bits per heavy atom. The molecule has 1 aliphatic heterocycles.